The minimum absolute atomic E-state index is 0.166. The molecule has 1 aromatic heterocycles. The van der Waals surface area contributed by atoms with E-state index in [4.69, 9.17) is 0 Å². The molecule has 1 N–H and O–H groups in total. The summed E-state index contributed by atoms with van der Waals surface area (Å²) in [5.74, 6) is -0.651. The first-order valence-corrected chi connectivity index (χ1v) is 6.36. The van der Waals surface area contributed by atoms with Gasteiger partial charge in [-0.25, -0.2) is 0 Å². The predicted molar refractivity (Wildman–Crippen MR) is 73.7 cm³/mol. The molecular weight excluding hydrogens is 317 g/mol. The van der Waals surface area contributed by atoms with E-state index in [1.807, 2.05) is 0 Å². The number of carbonyl (C=O) groups excluding carboxylic acids is 1. The fourth-order valence-corrected chi connectivity index (χ4v) is 1.77. The van der Waals surface area contributed by atoms with Gasteiger partial charge in [-0.15, -0.1) is 0 Å². The van der Waals surface area contributed by atoms with Crippen molar-refractivity contribution in [1.29, 1.82) is 0 Å². The molecule has 0 aliphatic carbocycles. The number of nitrogens with one attached hydrogen (secondary N) is 1. The molecule has 0 aliphatic rings. The molecule has 0 saturated carbocycles. The lowest BCUT2D eigenvalue weighted by molar-refractivity contribution is -0.384. The first kappa shape index (κ1) is 16.5. The number of carbonyl (C=O) groups is 1. The molecule has 7 nitrogen and oxygen atoms in total. The SMILES string of the molecule is C[C@H](C(=O)Nc1cccc([N+](=O)[O-])c1)n1ccc(C(F)(F)F)n1. The number of halogens is 3. The molecular formula is C13H11F3N4O3. The fourth-order valence-electron chi connectivity index (χ4n) is 1.77. The molecule has 0 saturated heterocycles. The Morgan fingerprint density at radius 3 is 2.65 bits per heavy atom. The van der Waals surface area contributed by atoms with Crippen molar-refractivity contribution in [2.75, 3.05) is 5.32 Å². The van der Waals surface area contributed by atoms with Crippen LogP contribution in [-0.4, -0.2) is 20.6 Å². The highest BCUT2D eigenvalue weighted by Crippen LogP contribution is 2.28. The highest BCUT2D eigenvalue weighted by Gasteiger charge is 2.34. The van der Waals surface area contributed by atoms with Gasteiger partial charge in [0.2, 0.25) is 5.91 Å². The number of non-ortho nitro benzene ring substituents is 1. The number of alkyl halides is 3. The molecule has 0 bridgehead atoms. The van der Waals surface area contributed by atoms with Gasteiger partial charge in [-0.3, -0.25) is 19.6 Å². The normalized spacial score (nSPS) is 12.7. The molecule has 1 amide bonds. The highest BCUT2D eigenvalue weighted by molar-refractivity contribution is 5.93. The van der Waals surface area contributed by atoms with E-state index < -0.39 is 28.7 Å². The van der Waals surface area contributed by atoms with E-state index in [1.165, 1.54) is 25.1 Å². The second-order valence-corrected chi connectivity index (χ2v) is 4.65. The molecule has 10 heteroatoms. The Kier molecular flexibility index (Phi) is 4.34. The maximum atomic E-state index is 12.5. The summed E-state index contributed by atoms with van der Waals surface area (Å²) in [6.07, 6.45) is -3.55. The van der Waals surface area contributed by atoms with Crippen molar-refractivity contribution in [3.05, 3.63) is 52.3 Å². The van der Waals surface area contributed by atoms with E-state index in [0.717, 1.165) is 23.0 Å². The van der Waals surface area contributed by atoms with E-state index in [1.54, 1.807) is 0 Å². The monoisotopic (exact) mass is 328 g/mol. The maximum absolute atomic E-state index is 12.5. The van der Waals surface area contributed by atoms with Crippen molar-refractivity contribution in [1.82, 2.24) is 9.78 Å². The van der Waals surface area contributed by atoms with Gasteiger partial charge in [0.25, 0.3) is 5.69 Å². The summed E-state index contributed by atoms with van der Waals surface area (Å²) in [5.41, 5.74) is -1.15. The molecule has 0 fully saturated rings. The topological polar surface area (TPSA) is 90.1 Å². The predicted octanol–water partition coefficient (Wildman–Crippen LogP) is 3.01. The lowest BCUT2D eigenvalue weighted by Gasteiger charge is -2.13. The summed E-state index contributed by atoms with van der Waals surface area (Å²) in [6.45, 7) is 1.36. The minimum atomic E-state index is -4.60. The Balaban J connectivity index is 2.12. The van der Waals surface area contributed by atoms with Crippen LogP contribution in [0.1, 0.15) is 18.7 Å². The van der Waals surface area contributed by atoms with Gasteiger partial charge in [-0.05, 0) is 19.1 Å². The number of anilines is 1. The third-order valence-corrected chi connectivity index (χ3v) is 3.00. The summed E-state index contributed by atoms with van der Waals surface area (Å²) in [4.78, 5) is 22.1. The molecule has 122 valence electrons. The van der Waals surface area contributed by atoms with Crippen LogP contribution in [0.4, 0.5) is 24.5 Å². The summed E-state index contributed by atoms with van der Waals surface area (Å²) < 4.78 is 38.3. The van der Waals surface area contributed by atoms with E-state index in [-0.39, 0.29) is 11.4 Å². The third kappa shape index (κ3) is 3.84. The Morgan fingerprint density at radius 1 is 1.39 bits per heavy atom. The van der Waals surface area contributed by atoms with Crippen LogP contribution in [0.2, 0.25) is 0 Å². The quantitative estimate of drug-likeness (QED) is 0.690. The molecule has 0 unspecified atom stereocenters. The number of nitro groups is 1. The number of nitrogens with zero attached hydrogens (tertiary/aromatic N) is 3. The number of hydrogen-bond donors (Lipinski definition) is 1. The van der Waals surface area contributed by atoms with Crippen molar-refractivity contribution < 1.29 is 22.9 Å². The van der Waals surface area contributed by atoms with Gasteiger partial charge in [0.1, 0.15) is 6.04 Å². The summed E-state index contributed by atoms with van der Waals surface area (Å²) in [6, 6.07) is 4.95. The molecule has 1 atom stereocenters. The second-order valence-electron chi connectivity index (χ2n) is 4.65. The first-order chi connectivity index (χ1) is 10.7. The average Bonchev–Trinajstić information content (AvgIpc) is 2.96. The number of hydrogen-bond acceptors (Lipinski definition) is 4. The standard InChI is InChI=1S/C13H11F3N4O3/c1-8(19-6-5-11(18-19)13(14,15)16)12(21)17-9-3-2-4-10(7-9)20(22)23/h2-8H,1H3,(H,17,21)/t8-/m1/s1. The first-order valence-electron chi connectivity index (χ1n) is 6.36. The molecule has 2 rings (SSSR count). The van der Waals surface area contributed by atoms with Crippen LogP contribution in [0.25, 0.3) is 0 Å². The third-order valence-electron chi connectivity index (χ3n) is 3.00. The molecule has 1 aromatic carbocycles. The van der Waals surface area contributed by atoms with Crippen LogP contribution in [0.15, 0.2) is 36.5 Å². The molecule has 23 heavy (non-hydrogen) atoms. The zero-order valence-corrected chi connectivity index (χ0v) is 11.7. The largest absolute Gasteiger partial charge is 0.435 e. The van der Waals surface area contributed by atoms with Gasteiger partial charge >= 0.3 is 6.18 Å². The van der Waals surface area contributed by atoms with Crippen LogP contribution in [0.3, 0.4) is 0 Å². The number of amides is 1. The van der Waals surface area contributed by atoms with Crippen LogP contribution in [-0.2, 0) is 11.0 Å². The van der Waals surface area contributed by atoms with Crippen LogP contribution >= 0.6 is 0 Å². The lowest BCUT2D eigenvalue weighted by Crippen LogP contribution is -2.24. The van der Waals surface area contributed by atoms with Gasteiger partial charge in [0.15, 0.2) is 5.69 Å². The number of benzene rings is 1. The Hall–Kier alpha value is -2.91. The molecule has 0 radical (unpaired) electrons. The van der Waals surface area contributed by atoms with Gasteiger partial charge in [-0.1, -0.05) is 6.07 Å². The van der Waals surface area contributed by atoms with Gasteiger partial charge in [0.05, 0.1) is 4.92 Å². The van der Waals surface area contributed by atoms with E-state index in [0.29, 0.717) is 0 Å². The van der Waals surface area contributed by atoms with Crippen molar-refractivity contribution in [3.8, 4) is 0 Å². The highest BCUT2D eigenvalue weighted by atomic mass is 19.4. The number of nitro benzene ring substituents is 1. The van der Waals surface area contributed by atoms with E-state index in [9.17, 15) is 28.1 Å². The zero-order chi connectivity index (χ0) is 17.2. The maximum Gasteiger partial charge on any atom is 0.435 e. The van der Waals surface area contributed by atoms with Crippen molar-refractivity contribution in [2.24, 2.45) is 0 Å². The van der Waals surface area contributed by atoms with E-state index >= 15 is 0 Å². The van der Waals surface area contributed by atoms with Gasteiger partial charge < -0.3 is 5.32 Å². The van der Waals surface area contributed by atoms with Crippen LogP contribution < -0.4 is 5.32 Å². The Bertz CT molecular complexity index is 742. The van der Waals surface area contributed by atoms with Crippen molar-refractivity contribution in [2.45, 2.75) is 19.1 Å². The van der Waals surface area contributed by atoms with Crippen molar-refractivity contribution >= 4 is 17.3 Å². The van der Waals surface area contributed by atoms with Crippen molar-refractivity contribution in [3.63, 3.8) is 0 Å². The number of aromatic nitrogens is 2. The average molecular weight is 328 g/mol. The number of rotatable bonds is 4. The molecule has 1 heterocycles. The Morgan fingerprint density at radius 2 is 2.09 bits per heavy atom. The van der Waals surface area contributed by atoms with Gasteiger partial charge in [-0.2, -0.15) is 18.3 Å². The molecule has 0 spiro atoms. The zero-order valence-electron chi connectivity index (χ0n) is 11.7. The molecule has 0 aliphatic heterocycles. The van der Waals surface area contributed by atoms with E-state index in [2.05, 4.69) is 10.4 Å². The summed E-state index contributed by atoms with van der Waals surface area (Å²) >= 11 is 0. The van der Waals surface area contributed by atoms with Gasteiger partial charge in [0, 0.05) is 24.0 Å². The minimum Gasteiger partial charge on any atom is -0.324 e. The lowest BCUT2D eigenvalue weighted by atomic mass is 10.2. The fraction of sp³-hybridized carbons (Fsp3) is 0.231. The summed E-state index contributed by atoms with van der Waals surface area (Å²) in [7, 11) is 0. The second kappa shape index (κ2) is 6.07. The van der Waals surface area contributed by atoms with Crippen LogP contribution in [0, 0.1) is 10.1 Å². The van der Waals surface area contributed by atoms with Crippen LogP contribution in [0.5, 0.6) is 0 Å². The smallest absolute Gasteiger partial charge is 0.324 e. The summed E-state index contributed by atoms with van der Waals surface area (Å²) in [5, 5.41) is 16.4. The molecule has 2 aromatic rings. The Labute approximate surface area is 127 Å².